The number of nitrogens with one attached hydrogen (secondary N) is 2. The fourth-order valence-electron chi connectivity index (χ4n) is 1.23. The molecule has 5 nitrogen and oxygen atoms in total. The first-order valence-electron chi connectivity index (χ1n) is 4.29. The number of anilines is 1. The Bertz CT molecular complexity index is 478. The second-order valence-electron chi connectivity index (χ2n) is 3.03. The molecular weight excluding hydrogens is 237 g/mol. The lowest BCUT2D eigenvalue weighted by atomic mass is 10.3. The molecule has 1 aliphatic rings. The third-order valence-corrected chi connectivity index (χ3v) is 2.28. The number of hydrazine groups is 2. The maximum Gasteiger partial charge on any atom is 0.354 e. The largest absolute Gasteiger partial charge is 0.476 e. The maximum atomic E-state index is 13.6. The van der Waals surface area contributed by atoms with Crippen molar-refractivity contribution in [2.24, 2.45) is 0 Å². The van der Waals surface area contributed by atoms with Gasteiger partial charge in [0, 0.05) is 0 Å². The maximum absolute atomic E-state index is 13.6. The van der Waals surface area contributed by atoms with Gasteiger partial charge in [-0.2, -0.15) is 0 Å². The first kappa shape index (κ1) is 10.7. The first-order chi connectivity index (χ1) is 7.59. The molecule has 0 bridgehead atoms. The molecule has 0 aromatic heterocycles. The van der Waals surface area contributed by atoms with Crippen molar-refractivity contribution in [3.8, 4) is 0 Å². The van der Waals surface area contributed by atoms with Crippen molar-refractivity contribution >= 4 is 23.3 Å². The van der Waals surface area contributed by atoms with Gasteiger partial charge in [0.2, 0.25) is 0 Å². The molecule has 0 fully saturated rings. The monoisotopic (exact) mass is 243 g/mol. The van der Waals surface area contributed by atoms with E-state index in [2.05, 4.69) is 11.0 Å². The number of halogens is 2. The van der Waals surface area contributed by atoms with Gasteiger partial charge in [-0.25, -0.2) is 9.18 Å². The van der Waals surface area contributed by atoms with Crippen molar-refractivity contribution in [2.75, 3.05) is 5.01 Å². The minimum absolute atomic E-state index is 0.0310. The Hall–Kier alpha value is -1.79. The van der Waals surface area contributed by atoms with Gasteiger partial charge in [-0.3, -0.25) is 10.4 Å². The predicted molar refractivity (Wildman–Crippen MR) is 55.9 cm³/mol. The topological polar surface area (TPSA) is 64.6 Å². The minimum Gasteiger partial charge on any atom is -0.476 e. The molecule has 0 saturated carbocycles. The fourth-order valence-corrected chi connectivity index (χ4v) is 1.40. The van der Waals surface area contributed by atoms with E-state index in [-0.39, 0.29) is 16.4 Å². The van der Waals surface area contributed by atoms with Crippen LogP contribution in [0.2, 0.25) is 5.02 Å². The summed E-state index contributed by atoms with van der Waals surface area (Å²) in [4.78, 5) is 10.6. The number of hydrogen-bond donors (Lipinski definition) is 3. The van der Waals surface area contributed by atoms with Gasteiger partial charge in [0.15, 0.2) is 11.5 Å². The van der Waals surface area contributed by atoms with E-state index in [1.165, 1.54) is 23.3 Å². The van der Waals surface area contributed by atoms with E-state index in [4.69, 9.17) is 16.7 Å². The van der Waals surface area contributed by atoms with Crippen LogP contribution in [0.1, 0.15) is 0 Å². The van der Waals surface area contributed by atoms with E-state index in [0.29, 0.717) is 0 Å². The Morgan fingerprint density at radius 2 is 2.25 bits per heavy atom. The summed E-state index contributed by atoms with van der Waals surface area (Å²) in [5.41, 5.74) is 4.91. The van der Waals surface area contributed by atoms with Crippen LogP contribution in [0.3, 0.4) is 0 Å². The van der Waals surface area contributed by atoms with Crippen molar-refractivity contribution in [2.45, 2.75) is 0 Å². The van der Waals surface area contributed by atoms with Gasteiger partial charge in [0.1, 0.15) is 0 Å². The van der Waals surface area contributed by atoms with Crippen molar-refractivity contribution in [3.63, 3.8) is 0 Å². The van der Waals surface area contributed by atoms with Gasteiger partial charge >= 0.3 is 5.97 Å². The number of carboxylic acid groups (broad SMARTS) is 1. The summed E-state index contributed by atoms with van der Waals surface area (Å²) in [6.07, 6.45) is 1.22. The zero-order valence-electron chi connectivity index (χ0n) is 7.87. The molecule has 84 valence electrons. The lowest BCUT2D eigenvalue weighted by Crippen LogP contribution is -2.37. The van der Waals surface area contributed by atoms with E-state index in [1.807, 2.05) is 0 Å². The van der Waals surface area contributed by atoms with Crippen molar-refractivity contribution in [3.05, 3.63) is 40.9 Å². The van der Waals surface area contributed by atoms with E-state index >= 15 is 0 Å². The lowest BCUT2D eigenvalue weighted by Gasteiger charge is -2.15. The summed E-state index contributed by atoms with van der Waals surface area (Å²) in [5.74, 6) is -1.77. The Morgan fingerprint density at radius 1 is 1.50 bits per heavy atom. The second kappa shape index (κ2) is 3.99. The van der Waals surface area contributed by atoms with Gasteiger partial charge in [0.25, 0.3) is 0 Å². The van der Waals surface area contributed by atoms with Gasteiger partial charge < -0.3 is 5.11 Å². The molecule has 0 radical (unpaired) electrons. The zero-order chi connectivity index (χ0) is 11.7. The highest BCUT2D eigenvalue weighted by Gasteiger charge is 2.20. The molecule has 0 aliphatic carbocycles. The lowest BCUT2D eigenvalue weighted by molar-refractivity contribution is -0.133. The van der Waals surface area contributed by atoms with Crippen LogP contribution >= 0.6 is 11.6 Å². The summed E-state index contributed by atoms with van der Waals surface area (Å²) in [5, 5.41) is 9.85. The SMILES string of the molecule is O=C(O)C1=CN(c2cccc(Cl)c2F)NN1. The third-order valence-electron chi connectivity index (χ3n) is 1.99. The van der Waals surface area contributed by atoms with Crippen LogP contribution in [0.25, 0.3) is 0 Å². The zero-order valence-corrected chi connectivity index (χ0v) is 8.62. The first-order valence-corrected chi connectivity index (χ1v) is 4.67. The second-order valence-corrected chi connectivity index (χ2v) is 3.43. The Labute approximate surface area is 95.1 Å². The average Bonchev–Trinajstić information content (AvgIpc) is 2.71. The predicted octanol–water partition coefficient (Wildman–Crippen LogP) is 1.23. The summed E-state index contributed by atoms with van der Waals surface area (Å²) >= 11 is 5.60. The Morgan fingerprint density at radius 3 is 2.88 bits per heavy atom. The van der Waals surface area contributed by atoms with Crippen LogP contribution in [0.4, 0.5) is 10.1 Å². The van der Waals surface area contributed by atoms with E-state index < -0.39 is 11.8 Å². The number of rotatable bonds is 2. The molecule has 16 heavy (non-hydrogen) atoms. The molecule has 1 aliphatic heterocycles. The normalized spacial score (nSPS) is 14.6. The van der Waals surface area contributed by atoms with Crippen molar-refractivity contribution in [1.82, 2.24) is 11.0 Å². The standard InChI is InChI=1S/C9H7ClFN3O2/c10-5-2-1-3-7(8(5)11)14-4-6(9(15)16)12-13-14/h1-4,12-13H,(H,15,16). The fraction of sp³-hybridized carbons (Fsp3) is 0. The summed E-state index contributed by atoms with van der Waals surface area (Å²) < 4.78 is 13.6. The van der Waals surface area contributed by atoms with Crippen molar-refractivity contribution in [1.29, 1.82) is 0 Å². The van der Waals surface area contributed by atoms with Crippen molar-refractivity contribution < 1.29 is 14.3 Å². The van der Waals surface area contributed by atoms with Gasteiger partial charge in [-0.05, 0) is 12.1 Å². The van der Waals surface area contributed by atoms with Crippen LogP contribution < -0.4 is 16.0 Å². The molecule has 2 rings (SSSR count). The average molecular weight is 244 g/mol. The number of carbonyl (C=O) groups is 1. The van der Waals surface area contributed by atoms with Crippen LogP contribution in [0.15, 0.2) is 30.1 Å². The molecule has 0 saturated heterocycles. The number of benzene rings is 1. The van der Waals surface area contributed by atoms with Gasteiger partial charge in [0.05, 0.1) is 16.9 Å². The van der Waals surface area contributed by atoms with Gasteiger partial charge in [-0.15, -0.1) is 5.53 Å². The van der Waals surface area contributed by atoms with Crippen LogP contribution in [0, 0.1) is 5.82 Å². The van der Waals surface area contributed by atoms with Crippen LogP contribution in [-0.4, -0.2) is 11.1 Å². The van der Waals surface area contributed by atoms with Crippen LogP contribution in [-0.2, 0) is 4.79 Å². The summed E-state index contributed by atoms with van der Waals surface area (Å²) in [6, 6.07) is 4.44. The summed E-state index contributed by atoms with van der Waals surface area (Å²) in [7, 11) is 0. The molecule has 7 heteroatoms. The quantitative estimate of drug-likeness (QED) is 0.729. The molecule has 1 aromatic rings. The number of aliphatic carboxylic acids is 1. The van der Waals surface area contributed by atoms with E-state index in [1.54, 1.807) is 6.07 Å². The van der Waals surface area contributed by atoms with Gasteiger partial charge in [-0.1, -0.05) is 17.7 Å². The summed E-state index contributed by atoms with van der Waals surface area (Å²) in [6.45, 7) is 0. The molecule has 1 aromatic carbocycles. The molecule has 0 spiro atoms. The molecule has 0 atom stereocenters. The minimum atomic E-state index is -1.14. The molecule has 0 amide bonds. The number of carboxylic acids is 1. The smallest absolute Gasteiger partial charge is 0.354 e. The number of nitrogens with zero attached hydrogens (tertiary/aromatic N) is 1. The Balaban J connectivity index is 2.33. The molecule has 1 heterocycles. The highest BCUT2D eigenvalue weighted by atomic mass is 35.5. The third kappa shape index (κ3) is 1.80. The van der Waals surface area contributed by atoms with Crippen LogP contribution in [0.5, 0.6) is 0 Å². The molecule has 0 unspecified atom stereocenters. The van der Waals surface area contributed by atoms with E-state index in [0.717, 1.165) is 0 Å². The highest BCUT2D eigenvalue weighted by Crippen LogP contribution is 2.25. The Kier molecular flexibility index (Phi) is 2.67. The van der Waals surface area contributed by atoms with E-state index in [9.17, 15) is 9.18 Å². The molecular formula is C9H7ClFN3O2. The molecule has 3 N–H and O–H groups in total. The highest BCUT2D eigenvalue weighted by molar-refractivity contribution is 6.31. The number of hydrogen-bond acceptors (Lipinski definition) is 4.